The van der Waals surface area contributed by atoms with Crippen molar-refractivity contribution >= 4 is 11.7 Å². The maximum absolute atomic E-state index is 13.2. The van der Waals surface area contributed by atoms with E-state index in [2.05, 4.69) is 20.2 Å². The van der Waals surface area contributed by atoms with Gasteiger partial charge >= 0.3 is 0 Å². The number of hydrogen-bond acceptors (Lipinski definition) is 6. The Kier molecular flexibility index (Phi) is 4.81. The van der Waals surface area contributed by atoms with Crippen molar-refractivity contribution in [1.82, 2.24) is 24.8 Å². The zero-order valence-electron chi connectivity index (χ0n) is 17.6. The number of fused-ring (bicyclic) bond motifs is 4. The van der Waals surface area contributed by atoms with Crippen molar-refractivity contribution in [3.05, 3.63) is 51.3 Å². The van der Waals surface area contributed by atoms with Gasteiger partial charge in [0.25, 0.3) is 11.5 Å². The predicted octanol–water partition coefficient (Wildman–Crippen LogP) is 0.924. The summed E-state index contributed by atoms with van der Waals surface area (Å²) < 4.78 is 1.86. The molecule has 0 aliphatic carbocycles. The number of nitrogens with zero attached hydrogens (tertiary/aromatic N) is 5. The van der Waals surface area contributed by atoms with Crippen LogP contribution in [0.15, 0.2) is 23.1 Å². The maximum Gasteiger partial charge on any atom is 0.263 e. The molecule has 1 N–H and O–H groups in total. The molecule has 2 saturated heterocycles. The number of nitrogens with one attached hydrogen (secondary N) is 1. The Bertz CT molecular complexity index is 1040. The third-order valence-corrected chi connectivity index (χ3v) is 6.66. The minimum atomic E-state index is -0.157. The quantitative estimate of drug-likeness (QED) is 0.796. The van der Waals surface area contributed by atoms with Crippen molar-refractivity contribution in [1.29, 1.82) is 0 Å². The molecule has 2 bridgehead atoms. The van der Waals surface area contributed by atoms with Crippen molar-refractivity contribution < 1.29 is 4.79 Å². The molecule has 2 aromatic rings. The summed E-state index contributed by atoms with van der Waals surface area (Å²) in [6.45, 7) is 8.98. The summed E-state index contributed by atoms with van der Waals surface area (Å²) in [5.41, 5.74) is 3.02. The fourth-order valence-corrected chi connectivity index (χ4v) is 5.07. The smallest absolute Gasteiger partial charge is 0.263 e. The number of amides is 1. The van der Waals surface area contributed by atoms with Crippen LogP contribution in [0, 0.1) is 19.8 Å². The molecule has 8 nitrogen and oxygen atoms in total. The second-order valence-corrected chi connectivity index (χ2v) is 8.74. The lowest BCUT2D eigenvalue weighted by Crippen LogP contribution is -2.51. The van der Waals surface area contributed by atoms with Crippen LogP contribution in [0.3, 0.4) is 0 Å². The molecule has 0 radical (unpaired) electrons. The van der Waals surface area contributed by atoms with Gasteiger partial charge in [-0.15, -0.1) is 0 Å². The fourth-order valence-electron chi connectivity index (χ4n) is 5.07. The van der Waals surface area contributed by atoms with E-state index in [-0.39, 0.29) is 11.5 Å². The highest BCUT2D eigenvalue weighted by atomic mass is 16.2. The van der Waals surface area contributed by atoms with Gasteiger partial charge in [-0.3, -0.25) is 14.6 Å². The number of piperidine rings is 1. The molecule has 5 rings (SSSR count). The van der Waals surface area contributed by atoms with E-state index in [1.165, 1.54) is 0 Å². The number of rotatable bonds is 2. The minimum absolute atomic E-state index is 0.128. The standard InChI is InChI=1S/C22H28N6O2/c1-14-10-24-15(2)20(25-14)26-5-7-27(8-6-26)21(29)18-3-4-19-17-9-16(11-23-12-17)13-28(19)22(18)30/h3-4,10,16-17,23H,5-9,11-13H2,1-2H3/t16-,17+/m0/s1. The zero-order valence-corrected chi connectivity index (χ0v) is 17.6. The predicted molar refractivity (Wildman–Crippen MR) is 114 cm³/mol. The Morgan fingerprint density at radius 1 is 1.13 bits per heavy atom. The SMILES string of the molecule is Cc1cnc(C)c(N2CCN(C(=O)c3ccc4n(c3=O)C[C@@H]3CNC[C@H]4C3)CC2)n1. The van der Waals surface area contributed by atoms with Gasteiger partial charge in [-0.25, -0.2) is 4.98 Å². The first-order chi connectivity index (χ1) is 14.5. The molecular formula is C22H28N6O2. The molecule has 2 atom stereocenters. The molecule has 0 saturated carbocycles. The molecule has 3 aliphatic rings. The average molecular weight is 409 g/mol. The average Bonchev–Trinajstić information content (AvgIpc) is 2.76. The Balaban J connectivity index is 1.33. The Morgan fingerprint density at radius 3 is 2.73 bits per heavy atom. The summed E-state index contributed by atoms with van der Waals surface area (Å²) in [5, 5.41) is 3.46. The van der Waals surface area contributed by atoms with Gasteiger partial charge in [0.15, 0.2) is 0 Å². The number of carbonyl (C=O) groups excluding carboxylic acids is 1. The second-order valence-electron chi connectivity index (χ2n) is 8.74. The van der Waals surface area contributed by atoms with Crippen LogP contribution in [0.1, 0.15) is 39.8 Å². The van der Waals surface area contributed by atoms with E-state index in [1.807, 2.05) is 24.5 Å². The van der Waals surface area contributed by atoms with E-state index < -0.39 is 0 Å². The summed E-state index contributed by atoms with van der Waals surface area (Å²) in [4.78, 5) is 39.3. The van der Waals surface area contributed by atoms with Gasteiger partial charge in [0.2, 0.25) is 0 Å². The molecule has 0 unspecified atom stereocenters. The lowest BCUT2D eigenvalue weighted by molar-refractivity contribution is 0.0743. The molecule has 0 spiro atoms. The molecule has 30 heavy (non-hydrogen) atoms. The number of anilines is 1. The van der Waals surface area contributed by atoms with Crippen molar-refractivity contribution in [3.63, 3.8) is 0 Å². The minimum Gasteiger partial charge on any atom is -0.352 e. The molecule has 5 heterocycles. The van der Waals surface area contributed by atoms with Crippen molar-refractivity contribution in [2.24, 2.45) is 5.92 Å². The first kappa shape index (κ1) is 19.2. The van der Waals surface area contributed by atoms with Crippen molar-refractivity contribution in [2.45, 2.75) is 32.7 Å². The van der Waals surface area contributed by atoms with E-state index in [0.29, 0.717) is 50.1 Å². The van der Waals surface area contributed by atoms with Crippen molar-refractivity contribution in [3.8, 4) is 0 Å². The van der Waals surface area contributed by atoms with Crippen LogP contribution in [-0.2, 0) is 6.54 Å². The number of aromatic nitrogens is 3. The van der Waals surface area contributed by atoms with Gasteiger partial charge in [0.1, 0.15) is 11.4 Å². The topological polar surface area (TPSA) is 83.4 Å². The summed E-state index contributed by atoms with van der Waals surface area (Å²) in [6.07, 6.45) is 2.90. The second kappa shape index (κ2) is 7.50. The van der Waals surface area contributed by atoms with Gasteiger partial charge in [-0.2, -0.15) is 0 Å². The number of aryl methyl sites for hydroxylation is 2. The largest absolute Gasteiger partial charge is 0.352 e. The van der Waals surface area contributed by atoms with E-state index in [9.17, 15) is 9.59 Å². The number of pyridine rings is 1. The van der Waals surface area contributed by atoms with Crippen LogP contribution in [0.4, 0.5) is 5.82 Å². The van der Waals surface area contributed by atoms with E-state index in [1.54, 1.807) is 17.2 Å². The number of carbonyl (C=O) groups is 1. The molecule has 3 aliphatic heterocycles. The highest BCUT2D eigenvalue weighted by molar-refractivity contribution is 5.94. The van der Waals surface area contributed by atoms with Crippen LogP contribution in [0.2, 0.25) is 0 Å². The van der Waals surface area contributed by atoms with Crippen LogP contribution in [0.25, 0.3) is 0 Å². The lowest BCUT2D eigenvalue weighted by Gasteiger charge is -2.38. The first-order valence-electron chi connectivity index (χ1n) is 10.8. The van der Waals surface area contributed by atoms with E-state index in [4.69, 9.17) is 0 Å². The van der Waals surface area contributed by atoms with Crippen molar-refractivity contribution in [2.75, 3.05) is 44.2 Å². The van der Waals surface area contributed by atoms with Crippen LogP contribution in [-0.4, -0.2) is 64.6 Å². The highest BCUT2D eigenvalue weighted by Crippen LogP contribution is 2.31. The van der Waals surface area contributed by atoms with Gasteiger partial charge in [-0.05, 0) is 44.9 Å². The first-order valence-corrected chi connectivity index (χ1v) is 10.8. The number of piperazine rings is 1. The summed E-state index contributed by atoms with van der Waals surface area (Å²) in [6, 6.07) is 3.73. The monoisotopic (exact) mass is 408 g/mol. The Morgan fingerprint density at radius 2 is 1.93 bits per heavy atom. The van der Waals surface area contributed by atoms with Gasteiger partial charge in [0.05, 0.1) is 11.4 Å². The molecular weight excluding hydrogens is 380 g/mol. The molecule has 2 fully saturated rings. The van der Waals surface area contributed by atoms with Gasteiger partial charge in [0, 0.05) is 57.1 Å². The third-order valence-electron chi connectivity index (χ3n) is 6.66. The molecule has 2 aromatic heterocycles. The van der Waals surface area contributed by atoms with Gasteiger partial charge in [-0.1, -0.05) is 0 Å². The zero-order chi connectivity index (χ0) is 20.8. The molecule has 1 amide bonds. The van der Waals surface area contributed by atoms with E-state index in [0.717, 1.165) is 42.4 Å². The lowest BCUT2D eigenvalue weighted by atomic mass is 9.84. The van der Waals surface area contributed by atoms with Crippen LogP contribution < -0.4 is 15.8 Å². The fraction of sp³-hybridized carbons (Fsp3) is 0.545. The summed E-state index contributed by atoms with van der Waals surface area (Å²) >= 11 is 0. The molecule has 8 heteroatoms. The van der Waals surface area contributed by atoms with Crippen LogP contribution >= 0.6 is 0 Å². The normalized spacial score (nSPS) is 23.3. The molecule has 158 valence electrons. The van der Waals surface area contributed by atoms with Gasteiger partial charge < -0.3 is 19.7 Å². The molecule has 0 aromatic carbocycles. The Labute approximate surface area is 175 Å². The summed E-state index contributed by atoms with van der Waals surface area (Å²) in [5.74, 6) is 1.57. The highest BCUT2D eigenvalue weighted by Gasteiger charge is 2.33. The Hall–Kier alpha value is -2.74. The summed E-state index contributed by atoms with van der Waals surface area (Å²) in [7, 11) is 0. The number of hydrogen-bond donors (Lipinski definition) is 1. The maximum atomic E-state index is 13.2. The van der Waals surface area contributed by atoms with Crippen LogP contribution in [0.5, 0.6) is 0 Å². The van der Waals surface area contributed by atoms with E-state index >= 15 is 0 Å². The third kappa shape index (κ3) is 3.29.